The van der Waals surface area contributed by atoms with Crippen LogP contribution in [0.15, 0.2) is 54.6 Å². The Kier molecular flexibility index (Phi) is 5.31. The van der Waals surface area contributed by atoms with Crippen LogP contribution in [-0.2, 0) is 12.6 Å². The molecule has 0 unspecified atom stereocenters. The van der Waals surface area contributed by atoms with Crippen LogP contribution in [0, 0.1) is 11.6 Å². The van der Waals surface area contributed by atoms with Gasteiger partial charge in [-0.3, -0.25) is 4.79 Å². The molecule has 0 aliphatic rings. The molecule has 0 saturated carbocycles. The molecule has 0 aliphatic carbocycles. The second-order valence-corrected chi connectivity index (χ2v) is 6.25. The van der Waals surface area contributed by atoms with Crippen molar-refractivity contribution in [3.63, 3.8) is 0 Å². The van der Waals surface area contributed by atoms with Gasteiger partial charge in [0, 0.05) is 5.56 Å². The Bertz CT molecular complexity index is 1000. The molecule has 0 fully saturated rings. The minimum Gasteiger partial charge on any atom is -0.298 e. The highest BCUT2D eigenvalue weighted by Gasteiger charge is 2.30. The first kappa shape index (κ1) is 19.7. The fraction of sp³-hybridized carbons (Fsp3) is 0.136. The third kappa shape index (κ3) is 3.67. The van der Waals surface area contributed by atoms with E-state index in [0.29, 0.717) is 5.56 Å². The van der Waals surface area contributed by atoms with Gasteiger partial charge in [0.2, 0.25) is 0 Å². The summed E-state index contributed by atoms with van der Waals surface area (Å²) in [4.78, 5) is 11.1. The molecule has 3 aromatic carbocycles. The van der Waals surface area contributed by atoms with Crippen molar-refractivity contribution in [2.24, 2.45) is 0 Å². The van der Waals surface area contributed by atoms with Crippen molar-refractivity contribution < 1.29 is 26.7 Å². The second kappa shape index (κ2) is 7.54. The molecule has 0 N–H and O–H groups in total. The Morgan fingerprint density at radius 1 is 0.893 bits per heavy atom. The highest BCUT2D eigenvalue weighted by atomic mass is 19.4. The lowest BCUT2D eigenvalue weighted by Crippen LogP contribution is -2.04. The molecule has 0 saturated heterocycles. The zero-order chi connectivity index (χ0) is 20.5. The standard InChI is InChI=1S/C22H15F5O/c1-2-13-3-5-15(6-4-13)20-17(11-19(23)18(12-28)21(20)24)14-7-9-16(10-8-14)22(25,26)27/h3-12H,2H2,1H3. The van der Waals surface area contributed by atoms with Crippen molar-refractivity contribution in [1.82, 2.24) is 0 Å². The minimum atomic E-state index is -4.52. The van der Waals surface area contributed by atoms with E-state index in [9.17, 15) is 26.7 Å². The van der Waals surface area contributed by atoms with E-state index in [1.165, 1.54) is 0 Å². The first-order chi connectivity index (χ1) is 13.3. The molecule has 6 heteroatoms. The Morgan fingerprint density at radius 2 is 1.46 bits per heavy atom. The summed E-state index contributed by atoms with van der Waals surface area (Å²) >= 11 is 0. The van der Waals surface area contributed by atoms with Crippen LogP contribution in [0.5, 0.6) is 0 Å². The third-order valence-electron chi connectivity index (χ3n) is 4.55. The van der Waals surface area contributed by atoms with Gasteiger partial charge in [0.05, 0.1) is 11.1 Å². The van der Waals surface area contributed by atoms with E-state index in [1.807, 2.05) is 6.92 Å². The molecule has 0 radical (unpaired) electrons. The zero-order valence-electron chi connectivity index (χ0n) is 14.8. The van der Waals surface area contributed by atoms with Crippen molar-refractivity contribution in [3.05, 3.63) is 82.9 Å². The fourth-order valence-electron chi connectivity index (χ4n) is 3.00. The van der Waals surface area contributed by atoms with Gasteiger partial charge < -0.3 is 0 Å². The molecule has 0 amide bonds. The maximum absolute atomic E-state index is 15.0. The number of benzene rings is 3. The average molecular weight is 390 g/mol. The molecule has 0 aliphatic heterocycles. The predicted octanol–water partition coefficient (Wildman–Crippen LogP) is 6.69. The van der Waals surface area contributed by atoms with Crippen molar-refractivity contribution in [3.8, 4) is 22.3 Å². The molecule has 144 valence electrons. The number of carbonyl (C=O) groups is 1. The number of hydrogen-bond acceptors (Lipinski definition) is 1. The normalized spacial score (nSPS) is 11.5. The number of hydrogen-bond donors (Lipinski definition) is 0. The smallest absolute Gasteiger partial charge is 0.298 e. The van der Waals surface area contributed by atoms with E-state index >= 15 is 0 Å². The van der Waals surface area contributed by atoms with Crippen molar-refractivity contribution in [1.29, 1.82) is 0 Å². The topological polar surface area (TPSA) is 17.1 Å². The molecule has 0 atom stereocenters. The highest BCUT2D eigenvalue weighted by Crippen LogP contribution is 2.38. The van der Waals surface area contributed by atoms with Crippen LogP contribution in [0.4, 0.5) is 22.0 Å². The Morgan fingerprint density at radius 3 is 1.96 bits per heavy atom. The van der Waals surface area contributed by atoms with Gasteiger partial charge in [-0.1, -0.05) is 43.3 Å². The first-order valence-electron chi connectivity index (χ1n) is 8.50. The van der Waals surface area contributed by atoms with E-state index < -0.39 is 28.9 Å². The van der Waals surface area contributed by atoms with Gasteiger partial charge in [-0.25, -0.2) is 8.78 Å². The predicted molar refractivity (Wildman–Crippen MR) is 97.0 cm³/mol. The van der Waals surface area contributed by atoms with Gasteiger partial charge in [0.1, 0.15) is 11.6 Å². The second-order valence-electron chi connectivity index (χ2n) is 6.25. The summed E-state index contributed by atoms with van der Waals surface area (Å²) in [5.74, 6) is -2.12. The van der Waals surface area contributed by atoms with E-state index in [1.54, 1.807) is 24.3 Å². The lowest BCUT2D eigenvalue weighted by atomic mass is 9.91. The summed E-state index contributed by atoms with van der Waals surface area (Å²) in [6.45, 7) is 1.95. The molecular weight excluding hydrogens is 375 g/mol. The van der Waals surface area contributed by atoms with Gasteiger partial charge in [0.15, 0.2) is 6.29 Å². The van der Waals surface area contributed by atoms with E-state index in [0.717, 1.165) is 42.3 Å². The molecule has 0 spiro atoms. The number of aldehydes is 1. The van der Waals surface area contributed by atoms with Gasteiger partial charge >= 0.3 is 6.18 Å². The van der Waals surface area contributed by atoms with Crippen LogP contribution in [0.25, 0.3) is 22.3 Å². The van der Waals surface area contributed by atoms with Gasteiger partial charge in [-0.05, 0) is 46.9 Å². The first-order valence-corrected chi connectivity index (χ1v) is 8.50. The monoisotopic (exact) mass is 390 g/mol. The summed E-state index contributed by atoms with van der Waals surface area (Å²) < 4.78 is 67.6. The summed E-state index contributed by atoms with van der Waals surface area (Å²) in [7, 11) is 0. The van der Waals surface area contributed by atoms with Crippen LogP contribution in [-0.4, -0.2) is 6.29 Å². The van der Waals surface area contributed by atoms with Crippen LogP contribution in [0.2, 0.25) is 0 Å². The zero-order valence-corrected chi connectivity index (χ0v) is 14.8. The summed E-state index contributed by atoms with van der Waals surface area (Å²) in [6, 6.07) is 11.8. The van der Waals surface area contributed by atoms with Crippen LogP contribution in [0.3, 0.4) is 0 Å². The molecule has 0 aromatic heterocycles. The molecule has 3 rings (SSSR count). The summed E-state index contributed by atoms with van der Waals surface area (Å²) in [5.41, 5.74) is 0.0498. The van der Waals surface area contributed by atoms with E-state index in [4.69, 9.17) is 0 Å². The number of alkyl halides is 3. The third-order valence-corrected chi connectivity index (χ3v) is 4.55. The van der Waals surface area contributed by atoms with Crippen molar-refractivity contribution in [2.45, 2.75) is 19.5 Å². The lowest BCUT2D eigenvalue weighted by Gasteiger charge is -2.15. The Hall–Kier alpha value is -3.02. The van der Waals surface area contributed by atoms with Crippen molar-refractivity contribution in [2.75, 3.05) is 0 Å². The molecule has 0 heterocycles. The summed E-state index contributed by atoms with van der Waals surface area (Å²) in [6.07, 6.45) is -3.67. The maximum atomic E-state index is 15.0. The van der Waals surface area contributed by atoms with E-state index in [-0.39, 0.29) is 23.0 Å². The number of rotatable bonds is 4. The maximum Gasteiger partial charge on any atom is 0.416 e. The van der Waals surface area contributed by atoms with E-state index in [2.05, 4.69) is 0 Å². The number of aryl methyl sites for hydroxylation is 1. The molecule has 0 bridgehead atoms. The lowest BCUT2D eigenvalue weighted by molar-refractivity contribution is -0.137. The van der Waals surface area contributed by atoms with Gasteiger partial charge in [0.25, 0.3) is 0 Å². The molecular formula is C22H15F5O. The van der Waals surface area contributed by atoms with Crippen LogP contribution in [0.1, 0.15) is 28.4 Å². The molecule has 28 heavy (non-hydrogen) atoms. The summed E-state index contributed by atoms with van der Waals surface area (Å²) in [5, 5.41) is 0. The SMILES string of the molecule is CCc1ccc(-c2c(-c3ccc(C(F)(F)F)cc3)cc(F)c(C=O)c2F)cc1. The van der Waals surface area contributed by atoms with Crippen LogP contribution < -0.4 is 0 Å². The number of carbonyl (C=O) groups excluding carboxylic acids is 1. The molecule has 1 nitrogen and oxygen atoms in total. The Labute approximate surface area is 158 Å². The molecule has 3 aromatic rings. The minimum absolute atomic E-state index is 0.0362. The quantitative estimate of drug-likeness (QED) is 0.358. The Balaban J connectivity index is 2.23. The highest BCUT2D eigenvalue weighted by molar-refractivity contribution is 5.89. The van der Waals surface area contributed by atoms with Gasteiger partial charge in [-0.15, -0.1) is 0 Å². The van der Waals surface area contributed by atoms with Gasteiger partial charge in [-0.2, -0.15) is 13.2 Å². The fourth-order valence-corrected chi connectivity index (χ4v) is 3.00. The largest absolute Gasteiger partial charge is 0.416 e. The van der Waals surface area contributed by atoms with Crippen LogP contribution >= 0.6 is 0 Å². The van der Waals surface area contributed by atoms with Crippen molar-refractivity contribution >= 4 is 6.29 Å². The average Bonchev–Trinajstić information content (AvgIpc) is 2.67. The number of halogens is 5.